The first kappa shape index (κ1) is 72.1. The Hall–Kier alpha value is -3.93. The lowest BCUT2D eigenvalue weighted by atomic mass is 10.0. The number of carbonyl (C=O) groups is 3. The second-order valence-electron chi connectivity index (χ2n) is 20.9. The molecule has 434 valence electrons. The van der Waals surface area contributed by atoms with Gasteiger partial charge in [-0.1, -0.05) is 284 Å². The van der Waals surface area contributed by atoms with Gasteiger partial charge >= 0.3 is 17.9 Å². The highest BCUT2D eigenvalue weighted by atomic mass is 16.6. The van der Waals surface area contributed by atoms with E-state index < -0.39 is 6.10 Å². The highest BCUT2D eigenvalue weighted by molar-refractivity contribution is 5.71. The Labute approximate surface area is 470 Å². The average Bonchev–Trinajstić information content (AvgIpc) is 3.42. The second kappa shape index (κ2) is 63.6. The van der Waals surface area contributed by atoms with Gasteiger partial charge in [-0.25, -0.2) is 0 Å². The highest BCUT2D eigenvalue weighted by Gasteiger charge is 2.19. The monoisotopic (exact) mass is 1050 g/mol. The van der Waals surface area contributed by atoms with Gasteiger partial charge < -0.3 is 14.2 Å². The third kappa shape index (κ3) is 60.9. The quantitative estimate of drug-likeness (QED) is 0.0261. The van der Waals surface area contributed by atoms with Crippen molar-refractivity contribution in [3.8, 4) is 0 Å². The number of carbonyl (C=O) groups excluding carboxylic acids is 3. The van der Waals surface area contributed by atoms with Crippen molar-refractivity contribution in [2.75, 3.05) is 13.2 Å². The smallest absolute Gasteiger partial charge is 0.306 e. The molecular weight excluding hydrogens is 937 g/mol. The molecule has 0 saturated carbocycles. The molecule has 0 aromatic heterocycles. The van der Waals surface area contributed by atoms with Gasteiger partial charge in [0.05, 0.1) is 0 Å². The van der Waals surface area contributed by atoms with E-state index in [1.54, 1.807) is 0 Å². The second-order valence-corrected chi connectivity index (χ2v) is 20.9. The summed E-state index contributed by atoms with van der Waals surface area (Å²) in [7, 11) is 0. The molecule has 0 heterocycles. The standard InChI is InChI=1S/C70H118O6/c1-4-7-10-13-16-19-21-23-25-27-28-29-30-31-32-33-34-35-36-37-38-39-40-41-42-44-45-47-49-51-54-57-60-63-69(72)75-66-67(65-74-68(71)62-59-56-53-18-15-12-9-6-3)76-70(73)64-61-58-55-52-50-48-46-43-26-24-22-20-17-14-11-8-5-2/h7-8,10-11,16-17,19-20,23-26,28-29,31-32,34-35,67H,4-6,9,12-15,18,21-22,27,30,33,36-66H2,1-3H3/b10-7-,11-8-,19-16-,20-17-,25-23-,26-24-,29-28-,32-31-,35-34-. The van der Waals surface area contributed by atoms with Crippen molar-refractivity contribution in [1.82, 2.24) is 0 Å². The van der Waals surface area contributed by atoms with Crippen LogP contribution in [0.15, 0.2) is 109 Å². The van der Waals surface area contributed by atoms with Gasteiger partial charge in [-0.2, -0.15) is 0 Å². The molecule has 0 fully saturated rings. The van der Waals surface area contributed by atoms with Crippen molar-refractivity contribution >= 4 is 17.9 Å². The zero-order valence-corrected chi connectivity index (χ0v) is 49.7. The zero-order chi connectivity index (χ0) is 55.0. The summed E-state index contributed by atoms with van der Waals surface area (Å²) in [6, 6.07) is 0. The Morgan fingerprint density at radius 1 is 0.276 bits per heavy atom. The minimum Gasteiger partial charge on any atom is -0.462 e. The zero-order valence-electron chi connectivity index (χ0n) is 49.7. The van der Waals surface area contributed by atoms with Gasteiger partial charge in [0.1, 0.15) is 13.2 Å². The number of ether oxygens (including phenoxy) is 3. The van der Waals surface area contributed by atoms with E-state index in [1.807, 2.05) is 0 Å². The predicted octanol–water partition coefficient (Wildman–Crippen LogP) is 21.8. The maximum absolute atomic E-state index is 12.8. The van der Waals surface area contributed by atoms with Crippen LogP contribution < -0.4 is 0 Å². The minimum absolute atomic E-state index is 0.0796. The lowest BCUT2D eigenvalue weighted by Gasteiger charge is -2.18. The molecule has 0 amide bonds. The molecule has 0 saturated heterocycles. The molecular formula is C70H118O6. The largest absolute Gasteiger partial charge is 0.462 e. The molecule has 0 bridgehead atoms. The molecule has 76 heavy (non-hydrogen) atoms. The van der Waals surface area contributed by atoms with Crippen molar-refractivity contribution in [1.29, 1.82) is 0 Å². The maximum atomic E-state index is 12.8. The number of esters is 3. The van der Waals surface area contributed by atoms with E-state index in [4.69, 9.17) is 14.2 Å². The fourth-order valence-electron chi connectivity index (χ4n) is 8.81. The molecule has 1 atom stereocenters. The molecule has 0 N–H and O–H groups in total. The summed E-state index contributed by atoms with van der Waals surface area (Å²) in [5.41, 5.74) is 0. The van der Waals surface area contributed by atoms with Crippen molar-refractivity contribution in [2.45, 2.75) is 303 Å². The van der Waals surface area contributed by atoms with Crippen molar-refractivity contribution < 1.29 is 28.6 Å². The van der Waals surface area contributed by atoms with E-state index in [0.29, 0.717) is 19.3 Å². The Morgan fingerprint density at radius 3 is 0.803 bits per heavy atom. The van der Waals surface area contributed by atoms with Crippen molar-refractivity contribution in [2.24, 2.45) is 0 Å². The summed E-state index contributed by atoms with van der Waals surface area (Å²) in [5.74, 6) is -0.888. The Bertz CT molecular complexity index is 1540. The minimum atomic E-state index is -0.781. The summed E-state index contributed by atoms with van der Waals surface area (Å²) in [6.07, 6.45) is 86.9. The van der Waals surface area contributed by atoms with Crippen LogP contribution in [0.2, 0.25) is 0 Å². The number of unbranched alkanes of at least 4 members (excludes halogenated alkanes) is 28. The molecule has 0 aromatic rings. The van der Waals surface area contributed by atoms with E-state index in [2.05, 4.69) is 130 Å². The Balaban J connectivity index is 4.10. The van der Waals surface area contributed by atoms with Crippen molar-refractivity contribution in [3.63, 3.8) is 0 Å². The molecule has 6 nitrogen and oxygen atoms in total. The first-order chi connectivity index (χ1) is 37.5. The first-order valence-corrected chi connectivity index (χ1v) is 31.9. The van der Waals surface area contributed by atoms with Crippen LogP contribution in [0.1, 0.15) is 297 Å². The van der Waals surface area contributed by atoms with E-state index in [9.17, 15) is 14.4 Å². The lowest BCUT2D eigenvalue weighted by molar-refractivity contribution is -0.167. The highest BCUT2D eigenvalue weighted by Crippen LogP contribution is 2.16. The van der Waals surface area contributed by atoms with Gasteiger partial charge in [-0.05, 0) is 103 Å². The van der Waals surface area contributed by atoms with Crippen LogP contribution in [0, 0.1) is 0 Å². The Morgan fingerprint density at radius 2 is 0.513 bits per heavy atom. The molecule has 0 radical (unpaired) electrons. The molecule has 0 spiro atoms. The lowest BCUT2D eigenvalue weighted by Crippen LogP contribution is -2.30. The number of allylic oxidation sites excluding steroid dienone is 18. The van der Waals surface area contributed by atoms with Crippen LogP contribution in [0.4, 0.5) is 0 Å². The molecule has 0 aliphatic heterocycles. The van der Waals surface area contributed by atoms with Crippen LogP contribution in [0.5, 0.6) is 0 Å². The molecule has 0 aromatic carbocycles. The average molecular weight is 1060 g/mol. The van der Waals surface area contributed by atoms with E-state index in [-0.39, 0.29) is 31.1 Å². The molecule has 6 heteroatoms. The first-order valence-electron chi connectivity index (χ1n) is 31.9. The van der Waals surface area contributed by atoms with Gasteiger partial charge in [0.15, 0.2) is 6.10 Å². The van der Waals surface area contributed by atoms with Crippen LogP contribution in [-0.4, -0.2) is 37.2 Å². The third-order valence-corrected chi connectivity index (χ3v) is 13.5. The Kier molecular flexibility index (Phi) is 60.3. The van der Waals surface area contributed by atoms with E-state index in [1.165, 1.54) is 135 Å². The summed E-state index contributed by atoms with van der Waals surface area (Å²) >= 11 is 0. The predicted molar refractivity (Wildman–Crippen MR) is 330 cm³/mol. The van der Waals surface area contributed by atoms with Crippen LogP contribution in [-0.2, 0) is 28.6 Å². The number of hydrogen-bond acceptors (Lipinski definition) is 6. The number of hydrogen-bond donors (Lipinski definition) is 0. The van der Waals surface area contributed by atoms with Crippen LogP contribution in [0.3, 0.4) is 0 Å². The summed E-state index contributed by atoms with van der Waals surface area (Å²) < 4.78 is 16.8. The van der Waals surface area contributed by atoms with Gasteiger partial charge in [-0.15, -0.1) is 0 Å². The fourth-order valence-corrected chi connectivity index (χ4v) is 8.81. The van der Waals surface area contributed by atoms with E-state index >= 15 is 0 Å². The fraction of sp³-hybridized carbons (Fsp3) is 0.700. The molecule has 0 aliphatic rings. The van der Waals surface area contributed by atoms with Gasteiger partial charge in [0.25, 0.3) is 0 Å². The van der Waals surface area contributed by atoms with Gasteiger partial charge in [0, 0.05) is 19.3 Å². The van der Waals surface area contributed by atoms with Crippen LogP contribution in [0.25, 0.3) is 0 Å². The normalized spacial score (nSPS) is 12.8. The summed E-state index contributed by atoms with van der Waals surface area (Å²) in [6.45, 7) is 6.39. The van der Waals surface area contributed by atoms with Crippen LogP contribution >= 0.6 is 0 Å². The topological polar surface area (TPSA) is 78.9 Å². The number of rotatable bonds is 57. The van der Waals surface area contributed by atoms with Gasteiger partial charge in [0.2, 0.25) is 0 Å². The maximum Gasteiger partial charge on any atom is 0.306 e. The SMILES string of the molecule is CC/C=C\C/C=C\C/C=C\C/C=C\C/C=C\C/C=C\CCCCCCCCCCCCCCCCC(=O)OCC(COC(=O)CCCCCCCCCC)OC(=O)CCCCCCCCC/C=C\C/C=C\C/C=C\CC. The summed E-state index contributed by atoms with van der Waals surface area (Å²) in [5, 5.41) is 0. The third-order valence-electron chi connectivity index (χ3n) is 13.5. The summed E-state index contributed by atoms with van der Waals surface area (Å²) in [4.78, 5) is 38.1. The molecule has 0 rings (SSSR count). The van der Waals surface area contributed by atoms with Crippen molar-refractivity contribution in [3.05, 3.63) is 109 Å². The molecule has 0 aliphatic carbocycles. The van der Waals surface area contributed by atoms with Gasteiger partial charge in [-0.3, -0.25) is 14.4 Å². The van der Waals surface area contributed by atoms with E-state index in [0.717, 1.165) is 122 Å². The molecule has 1 unspecified atom stereocenters.